The third-order valence-electron chi connectivity index (χ3n) is 3.48. The summed E-state index contributed by atoms with van der Waals surface area (Å²) in [5.41, 5.74) is 1.19. The van der Waals surface area contributed by atoms with Gasteiger partial charge in [0.2, 0.25) is 0 Å². The zero-order chi connectivity index (χ0) is 15.2. The SMILES string of the molecule is Cc1nc(S(C)(=O)=O)ccc1C(=O)c1cnoc1C1CC1. The highest BCUT2D eigenvalue weighted by Gasteiger charge is 2.33. The molecule has 0 atom stereocenters. The lowest BCUT2D eigenvalue weighted by atomic mass is 10.0. The van der Waals surface area contributed by atoms with Crippen LogP contribution < -0.4 is 0 Å². The normalized spacial score (nSPS) is 15.1. The Morgan fingerprint density at radius 2 is 2.00 bits per heavy atom. The number of hydrogen-bond acceptors (Lipinski definition) is 6. The van der Waals surface area contributed by atoms with Crippen molar-refractivity contribution in [3.05, 3.63) is 40.9 Å². The second kappa shape index (κ2) is 4.77. The summed E-state index contributed by atoms with van der Waals surface area (Å²) in [5.74, 6) is 0.657. The molecule has 0 spiro atoms. The Kier molecular flexibility index (Phi) is 3.16. The number of hydrogen-bond donors (Lipinski definition) is 0. The highest BCUT2D eigenvalue weighted by atomic mass is 32.2. The van der Waals surface area contributed by atoms with Gasteiger partial charge in [0.15, 0.2) is 26.4 Å². The van der Waals surface area contributed by atoms with Gasteiger partial charge in [-0.15, -0.1) is 0 Å². The number of pyridine rings is 1. The van der Waals surface area contributed by atoms with E-state index in [1.807, 2.05) is 0 Å². The van der Waals surface area contributed by atoms with Crippen LogP contribution in [0.5, 0.6) is 0 Å². The zero-order valence-corrected chi connectivity index (χ0v) is 12.5. The van der Waals surface area contributed by atoms with Gasteiger partial charge < -0.3 is 4.52 Å². The second-order valence-electron chi connectivity index (χ2n) is 5.26. The molecule has 2 heterocycles. The number of rotatable bonds is 4. The maximum atomic E-state index is 12.6. The molecule has 0 amide bonds. The maximum Gasteiger partial charge on any atom is 0.200 e. The summed E-state index contributed by atoms with van der Waals surface area (Å²) in [6, 6.07) is 2.84. The molecular formula is C14H14N2O4S. The van der Waals surface area contributed by atoms with Gasteiger partial charge in [-0.25, -0.2) is 13.4 Å². The minimum absolute atomic E-state index is 0.0377. The first-order chi connectivity index (χ1) is 9.88. The number of aryl methyl sites for hydroxylation is 1. The van der Waals surface area contributed by atoms with E-state index in [1.54, 1.807) is 6.92 Å². The van der Waals surface area contributed by atoms with E-state index in [0.29, 0.717) is 22.6 Å². The second-order valence-corrected chi connectivity index (χ2v) is 7.22. The molecule has 2 aromatic rings. The van der Waals surface area contributed by atoms with Crippen LogP contribution in [0, 0.1) is 6.92 Å². The predicted octanol–water partition coefficient (Wildman–Crippen LogP) is 1.89. The Morgan fingerprint density at radius 1 is 1.29 bits per heavy atom. The molecule has 6 nitrogen and oxygen atoms in total. The van der Waals surface area contributed by atoms with Crippen molar-refractivity contribution < 1.29 is 17.7 Å². The lowest BCUT2D eigenvalue weighted by Crippen LogP contribution is -2.09. The molecular weight excluding hydrogens is 292 g/mol. The summed E-state index contributed by atoms with van der Waals surface area (Å²) in [5, 5.41) is 3.67. The van der Waals surface area contributed by atoms with Gasteiger partial charge in [0, 0.05) is 23.4 Å². The van der Waals surface area contributed by atoms with Crippen LogP contribution >= 0.6 is 0 Å². The van der Waals surface area contributed by atoms with E-state index in [1.165, 1.54) is 18.3 Å². The first-order valence-electron chi connectivity index (χ1n) is 6.55. The molecule has 1 aliphatic rings. The van der Waals surface area contributed by atoms with Crippen LogP contribution in [0.1, 0.15) is 46.1 Å². The molecule has 21 heavy (non-hydrogen) atoms. The van der Waals surface area contributed by atoms with Gasteiger partial charge in [0.05, 0.1) is 11.8 Å². The van der Waals surface area contributed by atoms with Gasteiger partial charge in [-0.05, 0) is 31.9 Å². The van der Waals surface area contributed by atoms with E-state index < -0.39 is 9.84 Å². The van der Waals surface area contributed by atoms with E-state index >= 15 is 0 Å². The van der Waals surface area contributed by atoms with Gasteiger partial charge in [0.1, 0.15) is 0 Å². The largest absolute Gasteiger partial charge is 0.360 e. The van der Waals surface area contributed by atoms with Gasteiger partial charge in [-0.3, -0.25) is 4.79 Å². The fraction of sp³-hybridized carbons (Fsp3) is 0.357. The summed E-state index contributed by atoms with van der Waals surface area (Å²) in [4.78, 5) is 16.6. The standard InChI is InChI=1S/C14H14N2O4S/c1-8-10(5-6-12(16-8)21(2,18)19)13(17)11-7-15-20-14(11)9-3-4-9/h5-7,9H,3-4H2,1-2H3. The monoisotopic (exact) mass is 306 g/mol. The lowest BCUT2D eigenvalue weighted by molar-refractivity contribution is 0.103. The number of ketones is 1. The van der Waals surface area contributed by atoms with E-state index in [9.17, 15) is 13.2 Å². The highest BCUT2D eigenvalue weighted by Crippen LogP contribution is 2.42. The molecule has 110 valence electrons. The summed E-state index contributed by atoms with van der Waals surface area (Å²) in [6.07, 6.45) is 4.50. The molecule has 7 heteroatoms. The third kappa shape index (κ3) is 2.61. The first kappa shape index (κ1) is 13.9. The molecule has 1 saturated carbocycles. The Labute approximate surface area is 122 Å². The van der Waals surface area contributed by atoms with Crippen molar-refractivity contribution in [1.82, 2.24) is 10.1 Å². The molecule has 0 aromatic carbocycles. The van der Waals surface area contributed by atoms with Crippen LogP contribution in [-0.4, -0.2) is 30.6 Å². The first-order valence-corrected chi connectivity index (χ1v) is 8.44. The number of sulfone groups is 1. The average Bonchev–Trinajstić information content (AvgIpc) is 3.14. The number of nitrogens with zero attached hydrogens (tertiary/aromatic N) is 2. The topological polar surface area (TPSA) is 90.1 Å². The van der Waals surface area contributed by atoms with Crippen molar-refractivity contribution in [2.45, 2.75) is 30.7 Å². The number of carbonyl (C=O) groups excluding carboxylic acids is 1. The fourth-order valence-electron chi connectivity index (χ4n) is 2.19. The van der Waals surface area contributed by atoms with E-state index in [0.717, 1.165) is 19.1 Å². The Balaban J connectivity index is 2.00. The maximum absolute atomic E-state index is 12.6. The van der Waals surface area contributed by atoms with Crippen LogP contribution in [0.2, 0.25) is 0 Å². The van der Waals surface area contributed by atoms with Crippen LogP contribution in [-0.2, 0) is 9.84 Å². The van der Waals surface area contributed by atoms with Gasteiger partial charge >= 0.3 is 0 Å². The minimum atomic E-state index is -3.39. The van der Waals surface area contributed by atoms with Crippen LogP contribution in [0.25, 0.3) is 0 Å². The molecule has 1 fully saturated rings. The minimum Gasteiger partial charge on any atom is -0.360 e. The molecule has 0 bridgehead atoms. The fourth-order valence-corrected chi connectivity index (χ4v) is 2.81. The van der Waals surface area contributed by atoms with Gasteiger partial charge in [-0.1, -0.05) is 5.16 Å². The van der Waals surface area contributed by atoms with Crippen LogP contribution in [0.4, 0.5) is 0 Å². The van der Waals surface area contributed by atoms with E-state index in [4.69, 9.17) is 4.52 Å². The third-order valence-corrected chi connectivity index (χ3v) is 4.46. The zero-order valence-electron chi connectivity index (χ0n) is 11.7. The van der Waals surface area contributed by atoms with Crippen LogP contribution in [0.15, 0.2) is 27.9 Å². The molecule has 2 aromatic heterocycles. The van der Waals surface area contributed by atoms with Crippen molar-refractivity contribution in [2.24, 2.45) is 0 Å². The van der Waals surface area contributed by atoms with Crippen molar-refractivity contribution in [3.8, 4) is 0 Å². The summed E-state index contributed by atoms with van der Waals surface area (Å²) in [6.45, 7) is 1.62. The number of carbonyl (C=O) groups is 1. The van der Waals surface area contributed by atoms with E-state index in [-0.39, 0.29) is 16.7 Å². The number of aromatic nitrogens is 2. The molecule has 0 radical (unpaired) electrons. The molecule has 3 rings (SSSR count). The van der Waals surface area contributed by atoms with Gasteiger partial charge in [0.25, 0.3) is 0 Å². The Bertz CT molecular complexity index is 819. The smallest absolute Gasteiger partial charge is 0.200 e. The summed E-state index contributed by atoms with van der Waals surface area (Å²) < 4.78 is 28.1. The van der Waals surface area contributed by atoms with Crippen molar-refractivity contribution in [2.75, 3.05) is 6.26 Å². The van der Waals surface area contributed by atoms with E-state index in [2.05, 4.69) is 10.1 Å². The molecule has 0 aliphatic heterocycles. The quantitative estimate of drug-likeness (QED) is 0.801. The Hall–Kier alpha value is -2.02. The predicted molar refractivity (Wildman–Crippen MR) is 74.0 cm³/mol. The highest BCUT2D eigenvalue weighted by molar-refractivity contribution is 7.90. The van der Waals surface area contributed by atoms with Gasteiger partial charge in [-0.2, -0.15) is 0 Å². The molecule has 0 unspecified atom stereocenters. The molecule has 0 saturated heterocycles. The summed E-state index contributed by atoms with van der Waals surface area (Å²) in [7, 11) is -3.39. The van der Waals surface area contributed by atoms with Crippen LogP contribution in [0.3, 0.4) is 0 Å². The lowest BCUT2D eigenvalue weighted by Gasteiger charge is -2.05. The van der Waals surface area contributed by atoms with Crippen molar-refractivity contribution >= 4 is 15.6 Å². The Morgan fingerprint density at radius 3 is 2.57 bits per heavy atom. The molecule has 0 N–H and O–H groups in total. The molecule has 1 aliphatic carbocycles. The van der Waals surface area contributed by atoms with Crippen molar-refractivity contribution in [1.29, 1.82) is 0 Å². The average molecular weight is 306 g/mol. The summed E-state index contributed by atoms with van der Waals surface area (Å²) >= 11 is 0. The van der Waals surface area contributed by atoms with Crippen molar-refractivity contribution in [3.63, 3.8) is 0 Å².